The minimum Gasteiger partial charge on any atom is -1.00 e. The summed E-state index contributed by atoms with van der Waals surface area (Å²) in [5.41, 5.74) is -0.345. The van der Waals surface area contributed by atoms with Crippen molar-refractivity contribution in [2.75, 3.05) is 0 Å². The van der Waals surface area contributed by atoms with Crippen LogP contribution in [0.25, 0.3) is 4.98 Å². The number of halogens is 1. The van der Waals surface area contributed by atoms with E-state index < -0.39 is 4.92 Å². The van der Waals surface area contributed by atoms with Crippen LogP contribution >= 0.6 is 0 Å². The largest absolute Gasteiger partial charge is 1.00 e. The molecule has 8 heteroatoms. The molecule has 58 valence electrons. The lowest BCUT2D eigenvalue weighted by molar-refractivity contribution is -0.383. The number of hydrogen-bond acceptors (Lipinski definition) is 4. The minimum atomic E-state index is -0.696. The molecule has 1 rings (SSSR count). The highest BCUT2D eigenvalue weighted by atomic mass is 35.5. The van der Waals surface area contributed by atoms with Gasteiger partial charge in [-0.1, -0.05) is 5.10 Å². The first-order valence-corrected chi connectivity index (χ1v) is 2.28. The molecule has 0 atom stereocenters. The molecular weight excluding hydrogens is 174 g/mol. The fourth-order valence-corrected chi connectivity index (χ4v) is 0.480. The third kappa shape index (κ3) is 1.62. The van der Waals surface area contributed by atoms with Gasteiger partial charge in [-0.15, -0.1) is 5.10 Å². The molecule has 0 radical (unpaired) electrons. The summed E-state index contributed by atoms with van der Waals surface area (Å²) in [6, 6.07) is 0. The van der Waals surface area contributed by atoms with E-state index in [1.165, 1.54) is 0 Å². The van der Waals surface area contributed by atoms with Crippen molar-refractivity contribution in [2.45, 2.75) is 0 Å². The van der Waals surface area contributed by atoms with Gasteiger partial charge in [-0.2, -0.15) is 0 Å². The van der Waals surface area contributed by atoms with Crippen molar-refractivity contribution < 1.29 is 17.3 Å². The Bertz CT molecular complexity index is 301. The zero-order valence-electron chi connectivity index (χ0n) is 5.06. The average Bonchev–Trinajstić information content (AvgIpc) is 2.33. The van der Waals surface area contributed by atoms with Crippen molar-refractivity contribution >= 4 is 11.5 Å². The highest BCUT2D eigenvalue weighted by Gasteiger charge is 2.25. The second-order valence-corrected chi connectivity index (χ2v) is 1.46. The molecule has 0 aromatic carbocycles. The van der Waals surface area contributed by atoms with Crippen LogP contribution in [0.2, 0.25) is 0 Å². The molecule has 0 saturated carbocycles. The van der Waals surface area contributed by atoms with Crippen molar-refractivity contribution in [1.82, 2.24) is 10.2 Å². The highest BCUT2D eigenvalue weighted by molar-refractivity contribution is 5.54. The van der Waals surface area contributed by atoms with Gasteiger partial charge in [0.15, 0.2) is 6.20 Å². The van der Waals surface area contributed by atoms with Crippen LogP contribution in [0.3, 0.4) is 0 Å². The van der Waals surface area contributed by atoms with E-state index in [-0.39, 0.29) is 23.9 Å². The number of nitrogens with one attached hydrogen (secondary N) is 1. The molecule has 1 aromatic rings. The molecule has 7 nitrogen and oxygen atoms in total. The SMILES string of the molecule is N#[N+]c1[nH]ncc1[N+](=O)[O-].[Cl-]. The Morgan fingerprint density at radius 3 is 2.82 bits per heavy atom. The van der Waals surface area contributed by atoms with Gasteiger partial charge >= 0.3 is 11.5 Å². The molecule has 0 bridgehead atoms. The molecule has 0 aliphatic rings. The number of nitro groups is 1. The van der Waals surface area contributed by atoms with E-state index >= 15 is 0 Å². The van der Waals surface area contributed by atoms with Gasteiger partial charge < -0.3 is 12.4 Å². The van der Waals surface area contributed by atoms with Crippen LogP contribution in [0, 0.1) is 15.5 Å². The van der Waals surface area contributed by atoms with Gasteiger partial charge in [-0.3, -0.25) is 10.1 Å². The molecule has 1 N–H and O–H groups in total. The van der Waals surface area contributed by atoms with Gasteiger partial charge in [0.1, 0.15) is 0 Å². The molecule has 0 unspecified atom stereocenters. The van der Waals surface area contributed by atoms with Gasteiger partial charge in [-0.25, -0.2) is 0 Å². The molecule has 0 saturated heterocycles. The van der Waals surface area contributed by atoms with Crippen LogP contribution in [0.15, 0.2) is 6.20 Å². The fraction of sp³-hybridized carbons (Fsp3) is 0. The second kappa shape index (κ2) is 3.48. The summed E-state index contributed by atoms with van der Waals surface area (Å²) in [5, 5.41) is 23.5. The highest BCUT2D eigenvalue weighted by Crippen LogP contribution is 2.22. The predicted molar refractivity (Wildman–Crippen MR) is 30.0 cm³/mol. The predicted octanol–water partition coefficient (Wildman–Crippen LogP) is -2.19. The minimum absolute atomic E-state index is 0. The number of aromatic amines is 1. The molecule has 0 aliphatic carbocycles. The van der Waals surface area contributed by atoms with E-state index in [1.54, 1.807) is 0 Å². The van der Waals surface area contributed by atoms with Gasteiger partial charge in [0.05, 0.1) is 10.3 Å². The summed E-state index contributed by atoms with van der Waals surface area (Å²) < 4.78 is 0. The van der Waals surface area contributed by atoms with E-state index in [2.05, 4.69) is 15.2 Å². The third-order valence-corrected chi connectivity index (χ3v) is 0.897. The maximum Gasteiger partial charge on any atom is 0.521 e. The topological polar surface area (TPSA) is 100.0 Å². The third-order valence-electron chi connectivity index (χ3n) is 0.897. The van der Waals surface area contributed by atoms with E-state index in [0.717, 1.165) is 6.20 Å². The summed E-state index contributed by atoms with van der Waals surface area (Å²) in [6.07, 6.45) is 0.967. The van der Waals surface area contributed by atoms with Crippen LogP contribution in [0.5, 0.6) is 0 Å². The van der Waals surface area contributed by atoms with Crippen LogP contribution in [-0.4, -0.2) is 15.1 Å². The number of nitrogens with zero attached hydrogens (tertiary/aromatic N) is 4. The van der Waals surface area contributed by atoms with Crippen molar-refractivity contribution in [2.24, 2.45) is 0 Å². The standard InChI is InChI=1S/C3H2N5O2.ClH/c4-6-3-2(8(9)10)1-5-7-3;/h1H,(H,5,7);1H/q+1;/p-1. The first-order valence-electron chi connectivity index (χ1n) is 2.28. The van der Waals surface area contributed by atoms with Crippen molar-refractivity contribution in [1.29, 1.82) is 5.39 Å². The van der Waals surface area contributed by atoms with Gasteiger partial charge in [0.25, 0.3) is 0 Å². The Hall–Kier alpha value is -1.68. The lowest BCUT2D eigenvalue weighted by Gasteiger charge is -1.74. The van der Waals surface area contributed by atoms with Crippen LogP contribution in [-0.2, 0) is 0 Å². The number of H-pyrrole nitrogens is 1. The Balaban J connectivity index is 0.000001000. The Morgan fingerprint density at radius 1 is 1.82 bits per heavy atom. The van der Waals surface area contributed by atoms with Crippen LogP contribution < -0.4 is 12.4 Å². The van der Waals surface area contributed by atoms with Gasteiger partial charge in [-0.05, 0) is 0 Å². The number of rotatable bonds is 1. The van der Waals surface area contributed by atoms with Gasteiger partial charge in [0.2, 0.25) is 0 Å². The summed E-state index contributed by atoms with van der Waals surface area (Å²) in [7, 11) is 0. The second-order valence-electron chi connectivity index (χ2n) is 1.46. The fourth-order valence-electron chi connectivity index (χ4n) is 0.480. The molecule has 0 amide bonds. The van der Waals surface area contributed by atoms with Crippen LogP contribution in [0.4, 0.5) is 11.5 Å². The van der Waals surface area contributed by atoms with E-state index in [1.807, 2.05) is 0 Å². The molecule has 0 spiro atoms. The molecule has 0 aliphatic heterocycles. The average molecular weight is 176 g/mol. The Morgan fingerprint density at radius 2 is 2.45 bits per heavy atom. The van der Waals surface area contributed by atoms with Gasteiger partial charge in [0, 0.05) is 4.98 Å². The molecular formula is C3H2ClN5O2. The molecule has 1 aromatic heterocycles. The first kappa shape index (κ1) is 9.32. The van der Waals surface area contributed by atoms with E-state index in [4.69, 9.17) is 5.39 Å². The van der Waals surface area contributed by atoms with Crippen molar-refractivity contribution in [3.8, 4) is 0 Å². The molecule has 1 heterocycles. The first-order chi connectivity index (χ1) is 4.75. The summed E-state index contributed by atoms with van der Waals surface area (Å²) in [6.45, 7) is 0. The zero-order valence-corrected chi connectivity index (χ0v) is 5.82. The maximum atomic E-state index is 10.0. The lowest BCUT2D eigenvalue weighted by Crippen LogP contribution is -3.00. The van der Waals surface area contributed by atoms with Crippen molar-refractivity contribution in [3.05, 3.63) is 21.3 Å². The smallest absolute Gasteiger partial charge is 0.521 e. The summed E-state index contributed by atoms with van der Waals surface area (Å²) >= 11 is 0. The molecule has 11 heavy (non-hydrogen) atoms. The molecule has 0 fully saturated rings. The van der Waals surface area contributed by atoms with Crippen LogP contribution in [0.1, 0.15) is 0 Å². The normalized spacial score (nSPS) is 7.91. The maximum absolute atomic E-state index is 10.0. The summed E-state index contributed by atoms with van der Waals surface area (Å²) in [5.74, 6) is -0.245. The number of diazo groups is 1. The monoisotopic (exact) mass is 175 g/mol. The summed E-state index contributed by atoms with van der Waals surface area (Å²) in [4.78, 5) is 11.9. The quantitative estimate of drug-likeness (QED) is 0.298. The van der Waals surface area contributed by atoms with E-state index in [0.29, 0.717) is 0 Å². The van der Waals surface area contributed by atoms with E-state index in [9.17, 15) is 10.1 Å². The Labute approximate surface area is 66.6 Å². The zero-order chi connectivity index (χ0) is 7.56. The number of aromatic nitrogens is 2. The lowest BCUT2D eigenvalue weighted by atomic mass is 10.5. The van der Waals surface area contributed by atoms with Crippen molar-refractivity contribution in [3.63, 3.8) is 0 Å². The number of hydrogen-bond donors (Lipinski definition) is 1. The Kier molecular flexibility index (Phi) is 2.95.